The van der Waals surface area contributed by atoms with E-state index in [0.717, 1.165) is 11.0 Å². The second kappa shape index (κ2) is 8.44. The molecule has 1 aliphatic rings. The van der Waals surface area contributed by atoms with Gasteiger partial charge in [0, 0.05) is 12.8 Å². The number of anilines is 2. The smallest absolute Gasteiger partial charge is 0.320 e. The van der Waals surface area contributed by atoms with Crippen molar-refractivity contribution in [3.63, 3.8) is 0 Å². The van der Waals surface area contributed by atoms with Crippen molar-refractivity contribution in [2.45, 2.75) is 31.4 Å². The number of amides is 2. The first-order valence-electron chi connectivity index (χ1n) is 9.72. The molecule has 0 bridgehead atoms. The van der Waals surface area contributed by atoms with Crippen LogP contribution in [0.5, 0.6) is 5.75 Å². The molecule has 10 nitrogen and oxygen atoms in total. The van der Waals surface area contributed by atoms with E-state index >= 15 is 0 Å². The van der Waals surface area contributed by atoms with Crippen LogP contribution >= 0.6 is 0 Å². The Morgan fingerprint density at radius 3 is 2.84 bits per heavy atom. The van der Waals surface area contributed by atoms with Gasteiger partial charge < -0.3 is 25.9 Å². The Morgan fingerprint density at radius 1 is 1.26 bits per heavy atom. The van der Waals surface area contributed by atoms with Crippen LogP contribution in [-0.4, -0.2) is 45.0 Å². The number of aromatic nitrogens is 2. The summed E-state index contributed by atoms with van der Waals surface area (Å²) in [6.45, 7) is 0. The number of nitrogens with zero attached hydrogens (tertiary/aromatic N) is 1. The van der Waals surface area contributed by atoms with Crippen LogP contribution in [0.25, 0.3) is 11.0 Å². The van der Waals surface area contributed by atoms with Crippen LogP contribution in [0.4, 0.5) is 11.6 Å². The second-order valence-corrected chi connectivity index (χ2v) is 7.26. The van der Waals surface area contributed by atoms with Gasteiger partial charge in [0.05, 0.1) is 16.7 Å². The molecule has 10 heteroatoms. The van der Waals surface area contributed by atoms with Crippen molar-refractivity contribution in [2.24, 2.45) is 5.73 Å². The normalized spacial score (nSPS) is 16.2. The van der Waals surface area contributed by atoms with Crippen LogP contribution in [-0.2, 0) is 20.8 Å². The molecule has 6 N–H and O–H groups in total. The minimum Gasteiger partial charge on any atom is -0.480 e. The third kappa shape index (κ3) is 4.64. The summed E-state index contributed by atoms with van der Waals surface area (Å²) < 4.78 is 5.74. The van der Waals surface area contributed by atoms with Gasteiger partial charge in [-0.25, -0.2) is 4.98 Å². The lowest BCUT2D eigenvalue weighted by atomic mass is 10.0. The Labute approximate surface area is 176 Å². The Morgan fingerprint density at radius 2 is 2.06 bits per heavy atom. The number of hydrogen-bond acceptors (Lipinski definition) is 6. The quantitative estimate of drug-likeness (QED) is 0.386. The molecular weight excluding hydrogens is 402 g/mol. The van der Waals surface area contributed by atoms with Crippen molar-refractivity contribution in [3.05, 3.63) is 48.0 Å². The highest BCUT2D eigenvalue weighted by Gasteiger charge is 2.28. The molecule has 4 rings (SSSR count). The Hall–Kier alpha value is -3.92. The van der Waals surface area contributed by atoms with E-state index in [1.807, 2.05) is 24.3 Å². The van der Waals surface area contributed by atoms with Gasteiger partial charge in [0.15, 0.2) is 6.10 Å². The number of benzene rings is 2. The molecule has 2 atom stereocenters. The first-order chi connectivity index (χ1) is 14.9. The molecule has 0 radical (unpaired) electrons. The third-order valence-electron chi connectivity index (χ3n) is 4.92. The number of aromatic amines is 1. The number of H-pyrrole nitrogens is 1. The number of rotatable bonds is 7. The maximum Gasteiger partial charge on any atom is 0.320 e. The van der Waals surface area contributed by atoms with Gasteiger partial charge in [-0.1, -0.05) is 18.2 Å². The lowest BCUT2D eigenvalue weighted by molar-refractivity contribution is -0.138. The minimum absolute atomic E-state index is 0.0655. The van der Waals surface area contributed by atoms with Crippen LogP contribution in [0, 0.1) is 0 Å². The monoisotopic (exact) mass is 423 g/mol. The summed E-state index contributed by atoms with van der Waals surface area (Å²) >= 11 is 0. The van der Waals surface area contributed by atoms with Crippen LogP contribution < -0.4 is 21.1 Å². The first kappa shape index (κ1) is 20.4. The predicted molar refractivity (Wildman–Crippen MR) is 113 cm³/mol. The zero-order valence-corrected chi connectivity index (χ0v) is 16.4. The van der Waals surface area contributed by atoms with Crippen molar-refractivity contribution in [1.82, 2.24) is 9.97 Å². The van der Waals surface area contributed by atoms with E-state index in [4.69, 9.17) is 15.6 Å². The lowest BCUT2D eigenvalue weighted by Crippen LogP contribution is -2.37. The number of nitrogens with two attached hydrogens (primary N) is 1. The summed E-state index contributed by atoms with van der Waals surface area (Å²) in [5.74, 6) is -0.963. The van der Waals surface area contributed by atoms with E-state index in [0.29, 0.717) is 22.9 Å². The molecule has 1 aromatic heterocycles. The van der Waals surface area contributed by atoms with Crippen molar-refractivity contribution in [3.8, 4) is 5.75 Å². The first-order valence-corrected chi connectivity index (χ1v) is 9.72. The van der Waals surface area contributed by atoms with Gasteiger partial charge in [0.1, 0.15) is 11.8 Å². The number of fused-ring (bicyclic) bond motifs is 2. The van der Waals surface area contributed by atoms with Gasteiger partial charge in [0.25, 0.3) is 5.91 Å². The molecular formula is C21H21N5O5. The second-order valence-electron chi connectivity index (χ2n) is 7.26. The van der Waals surface area contributed by atoms with E-state index in [9.17, 15) is 14.4 Å². The fourth-order valence-corrected chi connectivity index (χ4v) is 3.32. The molecule has 31 heavy (non-hydrogen) atoms. The number of imidazole rings is 1. The van der Waals surface area contributed by atoms with E-state index < -0.39 is 18.1 Å². The molecule has 0 saturated carbocycles. The van der Waals surface area contributed by atoms with Gasteiger partial charge >= 0.3 is 5.97 Å². The van der Waals surface area contributed by atoms with Crippen LogP contribution in [0.3, 0.4) is 0 Å². The molecule has 0 saturated heterocycles. The number of carbonyl (C=O) groups is 3. The number of aliphatic carboxylic acids is 1. The zero-order valence-electron chi connectivity index (χ0n) is 16.4. The fraction of sp³-hybridized carbons (Fsp3) is 0.238. The number of para-hydroxylation sites is 2. The molecule has 0 aliphatic carbocycles. The predicted octanol–water partition coefficient (Wildman–Crippen LogP) is 1.64. The summed E-state index contributed by atoms with van der Waals surface area (Å²) in [4.78, 5) is 42.9. The molecule has 2 heterocycles. The summed E-state index contributed by atoms with van der Waals surface area (Å²) in [7, 11) is 0. The largest absolute Gasteiger partial charge is 0.480 e. The van der Waals surface area contributed by atoms with Crippen molar-refractivity contribution in [2.75, 3.05) is 10.6 Å². The highest BCUT2D eigenvalue weighted by atomic mass is 16.5. The number of carboxylic acid groups (broad SMARTS) is 1. The van der Waals surface area contributed by atoms with Gasteiger partial charge in [-0.15, -0.1) is 0 Å². The number of ether oxygens (including phenoxy) is 1. The average Bonchev–Trinajstić information content (AvgIpc) is 3.14. The van der Waals surface area contributed by atoms with E-state index in [1.54, 1.807) is 18.2 Å². The summed E-state index contributed by atoms with van der Waals surface area (Å²) in [6.07, 6.45) is -0.441. The maximum absolute atomic E-state index is 12.4. The molecule has 2 aromatic carbocycles. The van der Waals surface area contributed by atoms with Gasteiger partial charge in [0.2, 0.25) is 11.9 Å². The van der Waals surface area contributed by atoms with Crippen LogP contribution in [0.2, 0.25) is 0 Å². The Bertz CT molecular complexity index is 1130. The van der Waals surface area contributed by atoms with Gasteiger partial charge in [-0.3, -0.25) is 19.7 Å². The molecule has 2 amide bonds. The van der Waals surface area contributed by atoms with E-state index in [2.05, 4.69) is 20.6 Å². The Balaban J connectivity index is 1.34. The topological polar surface area (TPSA) is 159 Å². The molecule has 160 valence electrons. The van der Waals surface area contributed by atoms with Gasteiger partial charge in [-0.05, 0) is 36.2 Å². The molecule has 0 fully saturated rings. The zero-order chi connectivity index (χ0) is 22.0. The molecule has 1 aliphatic heterocycles. The molecule has 0 unspecified atom stereocenters. The highest BCUT2D eigenvalue weighted by molar-refractivity contribution is 5.98. The maximum atomic E-state index is 12.4. The molecule has 3 aromatic rings. The number of carbonyl (C=O) groups excluding carboxylic acids is 2. The SMILES string of the molecule is N[C@@H](Cc1ccc2c(c1)NC(=O)[C@@H](CCC(=O)Nc1nc3ccccc3[nH]1)O2)C(=O)O. The Kier molecular flexibility index (Phi) is 5.54. The summed E-state index contributed by atoms with van der Waals surface area (Å²) in [5, 5.41) is 14.4. The fourth-order valence-electron chi connectivity index (χ4n) is 3.32. The van der Waals surface area contributed by atoms with Crippen LogP contribution in [0.1, 0.15) is 18.4 Å². The average molecular weight is 423 g/mol. The molecule has 0 spiro atoms. The number of carboxylic acids is 1. The van der Waals surface area contributed by atoms with Crippen molar-refractivity contribution in [1.29, 1.82) is 0 Å². The lowest BCUT2D eigenvalue weighted by Gasteiger charge is -2.26. The van der Waals surface area contributed by atoms with Crippen molar-refractivity contribution >= 4 is 40.5 Å². The number of hydrogen-bond donors (Lipinski definition) is 5. The standard InChI is InChI=1S/C21H21N5O5/c22-12(20(29)30)9-11-5-6-16-15(10-11)23-19(28)17(31-16)7-8-18(27)26-21-24-13-3-1-2-4-14(13)25-21/h1-6,10,12,17H,7-9,22H2,(H,23,28)(H,29,30)(H2,24,25,26,27)/t12-,17+/m0/s1. The third-order valence-corrected chi connectivity index (χ3v) is 4.92. The van der Waals surface area contributed by atoms with E-state index in [-0.39, 0.29) is 31.1 Å². The van der Waals surface area contributed by atoms with Gasteiger partial charge in [-0.2, -0.15) is 0 Å². The highest BCUT2D eigenvalue weighted by Crippen LogP contribution is 2.32. The summed E-state index contributed by atoms with van der Waals surface area (Å²) in [6, 6.07) is 11.4. The minimum atomic E-state index is -1.10. The summed E-state index contributed by atoms with van der Waals surface area (Å²) in [5.41, 5.74) is 8.23. The van der Waals surface area contributed by atoms with E-state index in [1.165, 1.54) is 0 Å². The van der Waals surface area contributed by atoms with Crippen molar-refractivity contribution < 1.29 is 24.2 Å². The number of nitrogens with one attached hydrogen (secondary N) is 3. The van der Waals surface area contributed by atoms with Crippen LogP contribution in [0.15, 0.2) is 42.5 Å².